The molecule has 0 fully saturated rings. The molecule has 0 aliphatic carbocycles. The van der Waals surface area contributed by atoms with Gasteiger partial charge in [0, 0.05) is 12.0 Å². The molecular formula is C17H14FN3O2. The second-order valence-corrected chi connectivity index (χ2v) is 4.82. The number of amides is 2. The van der Waals surface area contributed by atoms with Gasteiger partial charge >= 0.3 is 0 Å². The van der Waals surface area contributed by atoms with E-state index in [4.69, 9.17) is 5.26 Å². The number of hydrogen-bond donors (Lipinski definition) is 2. The Morgan fingerprint density at radius 3 is 2.26 bits per heavy atom. The van der Waals surface area contributed by atoms with E-state index in [2.05, 4.69) is 10.9 Å². The molecule has 2 amide bonds. The number of halogens is 1. The predicted octanol–water partition coefficient (Wildman–Crippen LogP) is 2.09. The summed E-state index contributed by atoms with van der Waals surface area (Å²) in [5.74, 6) is -1.30. The predicted molar refractivity (Wildman–Crippen MR) is 81.5 cm³/mol. The molecule has 0 saturated heterocycles. The topological polar surface area (TPSA) is 82.0 Å². The first-order chi connectivity index (χ1) is 11.1. The Morgan fingerprint density at radius 2 is 1.65 bits per heavy atom. The SMILES string of the molecule is N#Cc1ccc(CCC(=O)NNC(=O)c2ccc(F)cc2)cc1. The maximum atomic E-state index is 12.8. The van der Waals surface area contributed by atoms with Crippen molar-refractivity contribution in [2.24, 2.45) is 0 Å². The number of nitrogens with zero attached hydrogens (tertiary/aromatic N) is 1. The van der Waals surface area contributed by atoms with E-state index in [0.717, 1.165) is 5.56 Å². The molecule has 5 nitrogen and oxygen atoms in total. The highest BCUT2D eigenvalue weighted by Crippen LogP contribution is 2.06. The molecule has 6 heteroatoms. The minimum atomic E-state index is -0.517. The van der Waals surface area contributed by atoms with Crippen molar-refractivity contribution in [1.82, 2.24) is 10.9 Å². The van der Waals surface area contributed by atoms with Crippen molar-refractivity contribution in [3.63, 3.8) is 0 Å². The maximum Gasteiger partial charge on any atom is 0.269 e. The summed E-state index contributed by atoms with van der Waals surface area (Å²) in [7, 11) is 0. The quantitative estimate of drug-likeness (QED) is 0.848. The molecule has 0 aliphatic heterocycles. The molecule has 2 aromatic carbocycles. The van der Waals surface area contributed by atoms with Crippen molar-refractivity contribution < 1.29 is 14.0 Å². The first kappa shape index (κ1) is 16.2. The molecule has 0 aromatic heterocycles. The number of carbonyl (C=O) groups is 2. The number of carbonyl (C=O) groups excluding carboxylic acids is 2. The van der Waals surface area contributed by atoms with E-state index in [9.17, 15) is 14.0 Å². The molecule has 23 heavy (non-hydrogen) atoms. The summed E-state index contributed by atoms with van der Waals surface area (Å²) in [6.45, 7) is 0. The lowest BCUT2D eigenvalue weighted by atomic mass is 10.1. The van der Waals surface area contributed by atoms with Gasteiger partial charge in [-0.15, -0.1) is 0 Å². The van der Waals surface area contributed by atoms with Gasteiger partial charge in [0.15, 0.2) is 0 Å². The van der Waals surface area contributed by atoms with Gasteiger partial charge in [-0.3, -0.25) is 20.4 Å². The highest BCUT2D eigenvalue weighted by atomic mass is 19.1. The van der Waals surface area contributed by atoms with Gasteiger partial charge < -0.3 is 0 Å². The van der Waals surface area contributed by atoms with Crippen LogP contribution in [-0.2, 0) is 11.2 Å². The zero-order valence-electron chi connectivity index (χ0n) is 12.2. The van der Waals surface area contributed by atoms with Crippen LogP contribution >= 0.6 is 0 Å². The van der Waals surface area contributed by atoms with Crippen LogP contribution in [0.25, 0.3) is 0 Å². The number of benzene rings is 2. The van der Waals surface area contributed by atoms with E-state index >= 15 is 0 Å². The highest BCUT2D eigenvalue weighted by Gasteiger charge is 2.07. The third-order valence-corrected chi connectivity index (χ3v) is 3.15. The lowest BCUT2D eigenvalue weighted by molar-refractivity contribution is -0.121. The molecule has 0 heterocycles. The van der Waals surface area contributed by atoms with E-state index < -0.39 is 11.7 Å². The average Bonchev–Trinajstić information content (AvgIpc) is 2.59. The number of aryl methyl sites for hydroxylation is 1. The van der Waals surface area contributed by atoms with E-state index in [1.54, 1.807) is 24.3 Å². The van der Waals surface area contributed by atoms with Crippen LogP contribution < -0.4 is 10.9 Å². The molecule has 0 bridgehead atoms. The zero-order chi connectivity index (χ0) is 16.7. The van der Waals surface area contributed by atoms with Gasteiger partial charge in [0.05, 0.1) is 11.6 Å². The summed E-state index contributed by atoms with van der Waals surface area (Å²) in [5, 5.41) is 8.70. The highest BCUT2D eigenvalue weighted by molar-refractivity contribution is 5.95. The van der Waals surface area contributed by atoms with Gasteiger partial charge in [0.2, 0.25) is 5.91 Å². The molecule has 2 rings (SSSR count). The van der Waals surface area contributed by atoms with Crippen LogP contribution in [0.3, 0.4) is 0 Å². The smallest absolute Gasteiger partial charge is 0.269 e. The van der Waals surface area contributed by atoms with Gasteiger partial charge in [0.25, 0.3) is 5.91 Å². The van der Waals surface area contributed by atoms with Gasteiger partial charge in [-0.1, -0.05) is 12.1 Å². The minimum Gasteiger partial charge on any atom is -0.273 e. The van der Waals surface area contributed by atoms with Crippen molar-refractivity contribution in [3.05, 3.63) is 71.0 Å². The van der Waals surface area contributed by atoms with Crippen LogP contribution in [0.4, 0.5) is 4.39 Å². The van der Waals surface area contributed by atoms with Crippen molar-refractivity contribution in [3.8, 4) is 6.07 Å². The van der Waals surface area contributed by atoms with Crippen LogP contribution in [0.5, 0.6) is 0 Å². The summed E-state index contributed by atoms with van der Waals surface area (Å²) in [5.41, 5.74) is 6.30. The molecule has 0 radical (unpaired) electrons. The molecule has 0 unspecified atom stereocenters. The van der Waals surface area contributed by atoms with Gasteiger partial charge in [-0.25, -0.2) is 4.39 Å². The maximum absolute atomic E-state index is 12.8. The summed E-state index contributed by atoms with van der Waals surface area (Å²) < 4.78 is 12.8. The Hall–Kier alpha value is -3.20. The Bertz CT molecular complexity index is 734. The first-order valence-electron chi connectivity index (χ1n) is 6.92. The normalized spacial score (nSPS) is 9.74. The van der Waals surface area contributed by atoms with Crippen LogP contribution in [0, 0.1) is 17.1 Å². The fourth-order valence-corrected chi connectivity index (χ4v) is 1.87. The van der Waals surface area contributed by atoms with E-state index in [1.165, 1.54) is 24.3 Å². The Labute approximate surface area is 132 Å². The zero-order valence-corrected chi connectivity index (χ0v) is 12.2. The van der Waals surface area contributed by atoms with Gasteiger partial charge in [0.1, 0.15) is 5.82 Å². The Kier molecular flexibility index (Phi) is 5.42. The van der Waals surface area contributed by atoms with Crippen LogP contribution in [0.2, 0.25) is 0 Å². The fraction of sp³-hybridized carbons (Fsp3) is 0.118. The van der Waals surface area contributed by atoms with Gasteiger partial charge in [-0.05, 0) is 48.4 Å². The van der Waals surface area contributed by atoms with Crippen molar-refractivity contribution >= 4 is 11.8 Å². The third-order valence-electron chi connectivity index (χ3n) is 3.15. The summed E-state index contributed by atoms with van der Waals surface area (Å²) in [4.78, 5) is 23.4. The molecule has 2 aromatic rings. The molecule has 0 aliphatic rings. The van der Waals surface area contributed by atoms with E-state index in [0.29, 0.717) is 12.0 Å². The second-order valence-electron chi connectivity index (χ2n) is 4.82. The molecule has 0 spiro atoms. The summed E-state index contributed by atoms with van der Waals surface area (Å²) in [6.07, 6.45) is 0.680. The number of rotatable bonds is 4. The minimum absolute atomic E-state index is 0.190. The number of nitrogens with one attached hydrogen (secondary N) is 2. The molecule has 0 saturated carbocycles. The monoisotopic (exact) mass is 311 g/mol. The van der Waals surface area contributed by atoms with Crippen molar-refractivity contribution in [2.75, 3.05) is 0 Å². The van der Waals surface area contributed by atoms with Crippen molar-refractivity contribution in [2.45, 2.75) is 12.8 Å². The lowest BCUT2D eigenvalue weighted by Crippen LogP contribution is -2.41. The molecule has 0 atom stereocenters. The van der Waals surface area contributed by atoms with Crippen LogP contribution in [0.15, 0.2) is 48.5 Å². The lowest BCUT2D eigenvalue weighted by Gasteiger charge is -2.07. The average molecular weight is 311 g/mol. The summed E-state index contributed by atoms with van der Waals surface area (Å²) >= 11 is 0. The van der Waals surface area contributed by atoms with Gasteiger partial charge in [-0.2, -0.15) is 5.26 Å². The standard InChI is InChI=1S/C17H14FN3O2/c18-15-8-6-14(7-9-15)17(23)21-20-16(22)10-5-12-1-3-13(11-19)4-2-12/h1-4,6-9H,5,10H2,(H,20,22)(H,21,23). The largest absolute Gasteiger partial charge is 0.273 e. The van der Waals surface area contributed by atoms with Crippen molar-refractivity contribution in [1.29, 1.82) is 5.26 Å². The number of hydrogen-bond acceptors (Lipinski definition) is 3. The Balaban J connectivity index is 1.77. The van der Waals surface area contributed by atoms with E-state index in [-0.39, 0.29) is 17.9 Å². The van der Waals surface area contributed by atoms with Crippen LogP contribution in [0.1, 0.15) is 27.9 Å². The molecule has 116 valence electrons. The number of hydrazine groups is 1. The second kappa shape index (κ2) is 7.71. The fourth-order valence-electron chi connectivity index (χ4n) is 1.87. The van der Waals surface area contributed by atoms with Crippen LogP contribution in [-0.4, -0.2) is 11.8 Å². The number of nitriles is 1. The molecule has 2 N–H and O–H groups in total. The van der Waals surface area contributed by atoms with E-state index in [1.807, 2.05) is 6.07 Å². The molecular weight excluding hydrogens is 297 g/mol. The third kappa shape index (κ3) is 4.93. The Morgan fingerprint density at radius 1 is 1.00 bits per heavy atom. The summed E-state index contributed by atoms with van der Waals surface area (Å²) in [6, 6.07) is 13.9. The first-order valence-corrected chi connectivity index (χ1v) is 6.92.